The van der Waals surface area contributed by atoms with Gasteiger partial charge in [-0.3, -0.25) is 4.90 Å². The van der Waals surface area contributed by atoms with Crippen molar-refractivity contribution in [2.45, 2.75) is 59.5 Å². The van der Waals surface area contributed by atoms with Gasteiger partial charge in [-0.1, -0.05) is 27.2 Å². The third-order valence-electron chi connectivity index (χ3n) is 3.07. The van der Waals surface area contributed by atoms with Gasteiger partial charge in [0.25, 0.3) is 0 Å². The fourth-order valence-electron chi connectivity index (χ4n) is 2.02. The highest BCUT2D eigenvalue weighted by atomic mass is 32.1. The van der Waals surface area contributed by atoms with E-state index >= 15 is 0 Å². The molecule has 3 nitrogen and oxygen atoms in total. The maximum atomic E-state index is 6.25. The van der Waals surface area contributed by atoms with Crippen LogP contribution in [-0.4, -0.2) is 23.0 Å². The molecule has 0 aliphatic carbocycles. The van der Waals surface area contributed by atoms with E-state index in [1.807, 2.05) is 0 Å². The van der Waals surface area contributed by atoms with Gasteiger partial charge < -0.3 is 5.73 Å². The predicted octanol–water partition coefficient (Wildman–Crippen LogP) is 3.13. The topological polar surface area (TPSA) is 42.2 Å². The Morgan fingerprint density at radius 3 is 2.28 bits per heavy atom. The van der Waals surface area contributed by atoms with Gasteiger partial charge in [-0.25, -0.2) is 4.98 Å². The number of aromatic nitrogens is 1. The fourth-order valence-corrected chi connectivity index (χ4v) is 3.18. The standard InChI is InChI=1S/C14H27N3S/c1-6-9-11-13(14(4,5)15)18-12(16-11)10-17(7-2)8-3/h6-10,15H2,1-5H3. The highest BCUT2D eigenvalue weighted by Crippen LogP contribution is 2.29. The summed E-state index contributed by atoms with van der Waals surface area (Å²) in [5.74, 6) is 0. The van der Waals surface area contributed by atoms with E-state index < -0.39 is 0 Å². The molecule has 0 radical (unpaired) electrons. The quantitative estimate of drug-likeness (QED) is 0.827. The van der Waals surface area contributed by atoms with Crippen molar-refractivity contribution in [1.82, 2.24) is 9.88 Å². The van der Waals surface area contributed by atoms with E-state index in [4.69, 9.17) is 10.7 Å². The summed E-state index contributed by atoms with van der Waals surface area (Å²) in [7, 11) is 0. The lowest BCUT2D eigenvalue weighted by Gasteiger charge is -2.18. The Labute approximate surface area is 115 Å². The average Bonchev–Trinajstić information content (AvgIpc) is 2.69. The lowest BCUT2D eigenvalue weighted by Crippen LogP contribution is -2.28. The smallest absolute Gasteiger partial charge is 0.107 e. The molecular weight excluding hydrogens is 242 g/mol. The summed E-state index contributed by atoms with van der Waals surface area (Å²) in [5, 5.41) is 1.20. The van der Waals surface area contributed by atoms with E-state index in [1.165, 1.54) is 15.6 Å². The molecule has 0 spiro atoms. The Balaban J connectivity index is 2.95. The molecule has 4 heteroatoms. The number of thiazole rings is 1. The van der Waals surface area contributed by atoms with Crippen LogP contribution < -0.4 is 5.73 Å². The van der Waals surface area contributed by atoms with Crippen molar-refractivity contribution < 1.29 is 0 Å². The zero-order valence-electron chi connectivity index (χ0n) is 12.4. The lowest BCUT2D eigenvalue weighted by molar-refractivity contribution is 0.295. The molecule has 0 bridgehead atoms. The van der Waals surface area contributed by atoms with E-state index in [-0.39, 0.29) is 5.54 Å². The van der Waals surface area contributed by atoms with Crippen molar-refractivity contribution in [3.63, 3.8) is 0 Å². The molecule has 0 saturated carbocycles. The van der Waals surface area contributed by atoms with Gasteiger partial charge in [-0.05, 0) is 33.4 Å². The summed E-state index contributed by atoms with van der Waals surface area (Å²) < 4.78 is 0. The van der Waals surface area contributed by atoms with Gasteiger partial charge in [-0.15, -0.1) is 11.3 Å². The number of aryl methyl sites for hydroxylation is 1. The minimum Gasteiger partial charge on any atom is -0.321 e. The minimum absolute atomic E-state index is 0.274. The van der Waals surface area contributed by atoms with Crippen LogP contribution in [0.25, 0.3) is 0 Å². The molecule has 104 valence electrons. The second-order valence-electron chi connectivity index (χ2n) is 5.32. The highest BCUT2D eigenvalue weighted by molar-refractivity contribution is 7.11. The largest absolute Gasteiger partial charge is 0.321 e. The van der Waals surface area contributed by atoms with Gasteiger partial charge >= 0.3 is 0 Å². The molecule has 1 aromatic rings. The van der Waals surface area contributed by atoms with Gasteiger partial charge in [0.1, 0.15) is 5.01 Å². The molecule has 1 aromatic heterocycles. The van der Waals surface area contributed by atoms with Crippen molar-refractivity contribution in [2.75, 3.05) is 13.1 Å². The summed E-state index contributed by atoms with van der Waals surface area (Å²) in [6.45, 7) is 13.8. The molecule has 0 amide bonds. The average molecular weight is 269 g/mol. The summed E-state index contributed by atoms with van der Waals surface area (Å²) in [6.07, 6.45) is 2.15. The van der Waals surface area contributed by atoms with Gasteiger partial charge in [0.2, 0.25) is 0 Å². The molecule has 0 atom stereocenters. The normalized spacial score (nSPS) is 12.4. The molecule has 2 N–H and O–H groups in total. The van der Waals surface area contributed by atoms with Gasteiger partial charge in [-0.2, -0.15) is 0 Å². The molecule has 1 heterocycles. The third-order valence-corrected chi connectivity index (χ3v) is 4.49. The fraction of sp³-hybridized carbons (Fsp3) is 0.786. The first-order chi connectivity index (χ1) is 8.42. The van der Waals surface area contributed by atoms with Gasteiger partial charge in [0.15, 0.2) is 0 Å². The summed E-state index contributed by atoms with van der Waals surface area (Å²) in [5.41, 5.74) is 7.19. The first kappa shape index (κ1) is 15.6. The third kappa shape index (κ3) is 4.04. The van der Waals surface area contributed by atoms with Crippen LogP contribution in [0, 0.1) is 0 Å². The first-order valence-electron chi connectivity index (χ1n) is 6.92. The van der Waals surface area contributed by atoms with Crippen molar-refractivity contribution in [3.8, 4) is 0 Å². The molecule has 18 heavy (non-hydrogen) atoms. The van der Waals surface area contributed by atoms with Crippen LogP contribution in [0.4, 0.5) is 0 Å². The second-order valence-corrected chi connectivity index (χ2v) is 6.40. The molecule has 1 rings (SSSR count). The lowest BCUT2D eigenvalue weighted by atomic mass is 10.0. The molecule has 0 aliphatic rings. The van der Waals surface area contributed by atoms with E-state index in [0.29, 0.717) is 0 Å². The second kappa shape index (κ2) is 6.64. The Kier molecular flexibility index (Phi) is 5.76. The Bertz CT molecular complexity index is 362. The molecule has 0 unspecified atom stereocenters. The van der Waals surface area contributed by atoms with Gasteiger partial charge in [0, 0.05) is 10.4 Å². The maximum absolute atomic E-state index is 6.25. The van der Waals surface area contributed by atoms with E-state index in [2.05, 4.69) is 39.5 Å². The first-order valence-corrected chi connectivity index (χ1v) is 7.74. The van der Waals surface area contributed by atoms with Crippen LogP contribution in [0.2, 0.25) is 0 Å². The molecular formula is C14H27N3S. The van der Waals surface area contributed by atoms with Crippen LogP contribution in [0.3, 0.4) is 0 Å². The zero-order chi connectivity index (χ0) is 13.8. The van der Waals surface area contributed by atoms with Crippen molar-refractivity contribution >= 4 is 11.3 Å². The van der Waals surface area contributed by atoms with Crippen LogP contribution in [0.1, 0.15) is 56.6 Å². The molecule has 0 saturated heterocycles. The SMILES string of the molecule is CCCc1nc(CN(CC)CC)sc1C(C)(C)N. The molecule has 0 aliphatic heterocycles. The Morgan fingerprint density at radius 2 is 1.83 bits per heavy atom. The van der Waals surface area contributed by atoms with Crippen LogP contribution >= 0.6 is 11.3 Å². The Morgan fingerprint density at radius 1 is 1.22 bits per heavy atom. The van der Waals surface area contributed by atoms with Crippen LogP contribution in [0.5, 0.6) is 0 Å². The highest BCUT2D eigenvalue weighted by Gasteiger charge is 2.23. The van der Waals surface area contributed by atoms with Crippen molar-refractivity contribution in [1.29, 1.82) is 0 Å². The monoisotopic (exact) mass is 269 g/mol. The maximum Gasteiger partial charge on any atom is 0.107 e. The number of hydrogen-bond donors (Lipinski definition) is 1. The summed E-state index contributed by atoms with van der Waals surface area (Å²) in [6, 6.07) is 0. The number of hydrogen-bond acceptors (Lipinski definition) is 4. The van der Waals surface area contributed by atoms with E-state index in [1.54, 1.807) is 11.3 Å². The number of nitrogens with zero attached hydrogens (tertiary/aromatic N) is 2. The van der Waals surface area contributed by atoms with E-state index in [0.717, 1.165) is 32.5 Å². The summed E-state index contributed by atoms with van der Waals surface area (Å²) >= 11 is 1.79. The van der Waals surface area contributed by atoms with Gasteiger partial charge in [0.05, 0.1) is 12.2 Å². The zero-order valence-corrected chi connectivity index (χ0v) is 13.2. The number of nitrogens with two attached hydrogens (primary N) is 1. The summed E-state index contributed by atoms with van der Waals surface area (Å²) in [4.78, 5) is 8.45. The van der Waals surface area contributed by atoms with Crippen molar-refractivity contribution in [3.05, 3.63) is 15.6 Å². The molecule has 0 aromatic carbocycles. The van der Waals surface area contributed by atoms with Crippen molar-refractivity contribution in [2.24, 2.45) is 5.73 Å². The minimum atomic E-state index is -0.274. The number of rotatable bonds is 7. The molecule has 0 fully saturated rings. The predicted molar refractivity (Wildman–Crippen MR) is 79.9 cm³/mol. The Hall–Kier alpha value is -0.450. The van der Waals surface area contributed by atoms with Crippen LogP contribution in [0.15, 0.2) is 0 Å². The van der Waals surface area contributed by atoms with E-state index in [9.17, 15) is 0 Å². The van der Waals surface area contributed by atoms with Crippen LogP contribution in [-0.2, 0) is 18.5 Å².